The van der Waals surface area contributed by atoms with Crippen LogP contribution in [-0.2, 0) is 17.7 Å². The molecular formula is C26H27N7O2. The fourth-order valence-corrected chi connectivity index (χ4v) is 4.39. The number of aromatic nitrogens is 7. The molecule has 2 aromatic carbocycles. The van der Waals surface area contributed by atoms with Gasteiger partial charge in [0.25, 0.3) is 0 Å². The SMILES string of the molecule is CCCc1nc2cccc(C(=O)OCC)c2n1Cc1ccc(-n2cc(C)cc2-c2nn[nH]n2)cc1. The van der Waals surface area contributed by atoms with Crippen molar-refractivity contribution >= 4 is 17.0 Å². The Kier molecular flexibility index (Phi) is 6.13. The number of fused-ring (bicyclic) bond motifs is 1. The number of carbonyl (C=O) groups is 1. The number of nitrogens with zero attached hydrogens (tertiary/aromatic N) is 6. The molecule has 0 aliphatic rings. The normalized spacial score (nSPS) is 11.3. The van der Waals surface area contributed by atoms with Crippen molar-refractivity contribution in [2.75, 3.05) is 6.61 Å². The number of hydrogen-bond donors (Lipinski definition) is 1. The summed E-state index contributed by atoms with van der Waals surface area (Å²) in [7, 11) is 0. The van der Waals surface area contributed by atoms with E-state index in [1.54, 1.807) is 0 Å². The van der Waals surface area contributed by atoms with Crippen LogP contribution in [0, 0.1) is 6.92 Å². The fraction of sp³-hybridized carbons (Fsp3) is 0.269. The topological polar surface area (TPSA) is 104 Å². The second-order valence-electron chi connectivity index (χ2n) is 8.43. The maximum Gasteiger partial charge on any atom is 0.340 e. The summed E-state index contributed by atoms with van der Waals surface area (Å²) in [4.78, 5) is 17.5. The maximum atomic E-state index is 12.7. The van der Waals surface area contributed by atoms with Crippen LogP contribution < -0.4 is 0 Å². The van der Waals surface area contributed by atoms with E-state index < -0.39 is 0 Å². The zero-order chi connectivity index (χ0) is 24.4. The summed E-state index contributed by atoms with van der Waals surface area (Å²) in [5.74, 6) is 1.18. The highest BCUT2D eigenvalue weighted by Crippen LogP contribution is 2.26. The van der Waals surface area contributed by atoms with E-state index >= 15 is 0 Å². The van der Waals surface area contributed by atoms with Crippen molar-refractivity contribution in [2.45, 2.75) is 40.2 Å². The van der Waals surface area contributed by atoms with E-state index in [9.17, 15) is 4.79 Å². The molecule has 0 amide bonds. The second-order valence-corrected chi connectivity index (χ2v) is 8.43. The number of para-hydroxylation sites is 1. The second kappa shape index (κ2) is 9.54. The Morgan fingerprint density at radius 3 is 2.66 bits per heavy atom. The summed E-state index contributed by atoms with van der Waals surface area (Å²) in [6, 6.07) is 16.0. The van der Waals surface area contributed by atoms with Crippen molar-refractivity contribution in [3.05, 3.63) is 77.2 Å². The van der Waals surface area contributed by atoms with Gasteiger partial charge < -0.3 is 13.9 Å². The highest BCUT2D eigenvalue weighted by molar-refractivity contribution is 6.02. The minimum atomic E-state index is -0.324. The molecule has 0 aliphatic heterocycles. The first-order valence-electron chi connectivity index (χ1n) is 11.8. The summed E-state index contributed by atoms with van der Waals surface area (Å²) in [6.45, 7) is 6.91. The first-order valence-corrected chi connectivity index (χ1v) is 11.8. The molecule has 5 aromatic rings. The Hall–Kier alpha value is -4.27. The van der Waals surface area contributed by atoms with Crippen molar-refractivity contribution in [3.8, 4) is 17.2 Å². The predicted molar refractivity (Wildman–Crippen MR) is 132 cm³/mol. The predicted octanol–water partition coefficient (Wildman–Crippen LogP) is 4.49. The number of tetrazole rings is 1. The number of H-pyrrole nitrogens is 1. The van der Waals surface area contributed by atoms with Gasteiger partial charge in [0.15, 0.2) is 0 Å². The van der Waals surface area contributed by atoms with E-state index in [4.69, 9.17) is 9.72 Å². The quantitative estimate of drug-likeness (QED) is 0.336. The van der Waals surface area contributed by atoms with Crippen molar-refractivity contribution in [1.29, 1.82) is 0 Å². The van der Waals surface area contributed by atoms with Gasteiger partial charge in [0.1, 0.15) is 5.82 Å². The van der Waals surface area contributed by atoms with Crippen molar-refractivity contribution in [1.82, 2.24) is 34.7 Å². The van der Waals surface area contributed by atoms with Gasteiger partial charge in [-0.1, -0.05) is 25.1 Å². The van der Waals surface area contributed by atoms with Crippen LogP contribution in [0.1, 0.15) is 47.6 Å². The molecule has 0 saturated heterocycles. The zero-order valence-electron chi connectivity index (χ0n) is 20.0. The minimum absolute atomic E-state index is 0.324. The third kappa shape index (κ3) is 4.32. The van der Waals surface area contributed by atoms with Gasteiger partial charge in [-0.15, -0.1) is 10.2 Å². The molecule has 1 N–H and O–H groups in total. The van der Waals surface area contributed by atoms with Crippen LogP contribution in [-0.4, -0.2) is 47.3 Å². The average molecular weight is 470 g/mol. The number of aromatic amines is 1. The number of nitrogens with one attached hydrogen (secondary N) is 1. The molecule has 3 aromatic heterocycles. The molecule has 178 valence electrons. The highest BCUT2D eigenvalue weighted by Gasteiger charge is 2.19. The lowest BCUT2D eigenvalue weighted by Crippen LogP contribution is -2.10. The molecule has 0 aliphatic carbocycles. The number of aryl methyl sites for hydroxylation is 2. The molecule has 0 saturated carbocycles. The van der Waals surface area contributed by atoms with Crippen LogP contribution in [0.4, 0.5) is 0 Å². The van der Waals surface area contributed by atoms with Crippen LogP contribution >= 0.6 is 0 Å². The molecule has 0 fully saturated rings. The van der Waals surface area contributed by atoms with E-state index in [0.29, 0.717) is 24.5 Å². The zero-order valence-corrected chi connectivity index (χ0v) is 20.0. The largest absolute Gasteiger partial charge is 0.462 e. The summed E-state index contributed by atoms with van der Waals surface area (Å²) >= 11 is 0. The molecule has 0 atom stereocenters. The van der Waals surface area contributed by atoms with Gasteiger partial charge in [-0.2, -0.15) is 5.21 Å². The third-order valence-corrected chi connectivity index (χ3v) is 5.90. The van der Waals surface area contributed by atoms with Crippen LogP contribution in [0.3, 0.4) is 0 Å². The number of rotatable bonds is 8. The van der Waals surface area contributed by atoms with Crippen molar-refractivity contribution < 1.29 is 9.53 Å². The third-order valence-electron chi connectivity index (χ3n) is 5.90. The number of imidazole rings is 1. The number of carbonyl (C=O) groups excluding carboxylic acids is 1. The Labute approximate surface area is 202 Å². The van der Waals surface area contributed by atoms with Gasteiger partial charge in [0.05, 0.1) is 28.9 Å². The van der Waals surface area contributed by atoms with Crippen molar-refractivity contribution in [3.63, 3.8) is 0 Å². The Bertz CT molecular complexity index is 1460. The van der Waals surface area contributed by atoms with Crippen LogP contribution in [0.5, 0.6) is 0 Å². The fourth-order valence-electron chi connectivity index (χ4n) is 4.39. The Morgan fingerprint density at radius 1 is 1.11 bits per heavy atom. The van der Waals surface area contributed by atoms with Gasteiger partial charge in [-0.3, -0.25) is 0 Å². The molecule has 0 unspecified atom stereocenters. The molecule has 0 radical (unpaired) electrons. The monoisotopic (exact) mass is 469 g/mol. The number of benzene rings is 2. The van der Waals surface area contributed by atoms with Gasteiger partial charge in [0.2, 0.25) is 5.82 Å². The molecular weight excluding hydrogens is 442 g/mol. The summed E-state index contributed by atoms with van der Waals surface area (Å²) in [5.41, 5.74) is 6.25. The van der Waals surface area contributed by atoms with Crippen molar-refractivity contribution in [2.24, 2.45) is 0 Å². The van der Waals surface area contributed by atoms with Crippen LogP contribution in [0.2, 0.25) is 0 Å². The lowest BCUT2D eigenvalue weighted by Gasteiger charge is -2.13. The van der Waals surface area contributed by atoms with Crippen LogP contribution in [0.25, 0.3) is 28.2 Å². The Morgan fingerprint density at radius 2 is 1.94 bits per heavy atom. The number of ether oxygens (including phenoxy) is 1. The van der Waals surface area contributed by atoms with E-state index in [-0.39, 0.29) is 5.97 Å². The first-order chi connectivity index (χ1) is 17.1. The summed E-state index contributed by atoms with van der Waals surface area (Å²) < 4.78 is 9.52. The van der Waals surface area contributed by atoms with Gasteiger partial charge in [-0.05, 0) is 66.9 Å². The standard InChI is InChI=1S/C26H27N7O2/c1-4-7-23-27-21-9-6-8-20(26(34)35-5-2)24(21)33(23)16-18-10-12-19(13-11-18)32-15-17(3)14-22(32)25-28-30-31-29-25/h6,8-15H,4-5,7,16H2,1-3H3,(H,28,29,30,31). The van der Waals surface area contributed by atoms with Gasteiger partial charge >= 0.3 is 5.97 Å². The maximum absolute atomic E-state index is 12.7. The molecule has 9 heteroatoms. The Balaban J connectivity index is 1.52. The lowest BCUT2D eigenvalue weighted by molar-refractivity contribution is 0.0528. The molecule has 5 rings (SSSR count). The van der Waals surface area contributed by atoms with E-state index in [2.05, 4.69) is 67.1 Å². The smallest absolute Gasteiger partial charge is 0.340 e. The van der Waals surface area contributed by atoms with E-state index in [0.717, 1.165) is 52.2 Å². The minimum Gasteiger partial charge on any atom is -0.462 e. The first kappa shape index (κ1) is 22.5. The highest BCUT2D eigenvalue weighted by atomic mass is 16.5. The average Bonchev–Trinajstić information content (AvgIpc) is 3.59. The summed E-state index contributed by atoms with van der Waals surface area (Å²) in [6.07, 6.45) is 3.84. The molecule has 0 spiro atoms. The van der Waals surface area contributed by atoms with E-state index in [1.165, 1.54) is 0 Å². The molecule has 9 nitrogen and oxygen atoms in total. The van der Waals surface area contributed by atoms with Crippen LogP contribution in [0.15, 0.2) is 54.7 Å². The number of esters is 1. The molecule has 0 bridgehead atoms. The lowest BCUT2D eigenvalue weighted by atomic mass is 10.1. The molecule has 35 heavy (non-hydrogen) atoms. The van der Waals surface area contributed by atoms with E-state index in [1.807, 2.05) is 38.1 Å². The van der Waals surface area contributed by atoms with Gasteiger partial charge in [-0.25, -0.2) is 9.78 Å². The van der Waals surface area contributed by atoms with Gasteiger partial charge in [0, 0.05) is 24.8 Å². The summed E-state index contributed by atoms with van der Waals surface area (Å²) in [5, 5.41) is 14.5. The molecule has 3 heterocycles. The number of hydrogen-bond acceptors (Lipinski definition) is 6.